The van der Waals surface area contributed by atoms with Crippen molar-refractivity contribution in [2.75, 3.05) is 13.2 Å². The van der Waals surface area contributed by atoms with Gasteiger partial charge in [-0.15, -0.1) is 0 Å². The van der Waals surface area contributed by atoms with Gasteiger partial charge in [-0.25, -0.2) is 4.79 Å². The number of benzene rings is 1. The van der Waals surface area contributed by atoms with Crippen LogP contribution in [0.1, 0.15) is 6.92 Å². The van der Waals surface area contributed by atoms with E-state index in [0.29, 0.717) is 29.8 Å². The number of rotatable bonds is 7. The minimum absolute atomic E-state index is 0.0414. The Morgan fingerprint density at radius 2 is 2.16 bits per heavy atom. The lowest BCUT2D eigenvalue weighted by molar-refractivity contribution is -0.131. The first-order valence-electron chi connectivity index (χ1n) is 5.63. The summed E-state index contributed by atoms with van der Waals surface area (Å²) in [6.45, 7) is 2.48. The van der Waals surface area contributed by atoms with E-state index in [1.807, 2.05) is 25.1 Å². The number of carbonyl (C=O) groups is 1. The summed E-state index contributed by atoms with van der Waals surface area (Å²) < 4.78 is 5.49. The molecule has 0 fully saturated rings. The highest BCUT2D eigenvalue weighted by molar-refractivity contribution is 8.08. The minimum atomic E-state index is -1.14. The highest BCUT2D eigenvalue weighted by Crippen LogP contribution is 2.19. The van der Waals surface area contributed by atoms with Gasteiger partial charge >= 0.3 is 5.97 Å². The van der Waals surface area contributed by atoms with Crippen LogP contribution in [0.25, 0.3) is 0 Å². The van der Waals surface area contributed by atoms with Crippen molar-refractivity contribution in [1.82, 2.24) is 5.32 Å². The van der Waals surface area contributed by atoms with Crippen molar-refractivity contribution >= 4 is 17.7 Å². The number of hydrogen-bond acceptors (Lipinski definition) is 5. The number of carboxylic acids is 1. The third-order valence-electron chi connectivity index (χ3n) is 2.13. The number of aliphatic carboxylic acids is 1. The van der Waals surface area contributed by atoms with Gasteiger partial charge in [0.2, 0.25) is 0 Å². The first-order valence-corrected chi connectivity index (χ1v) is 6.44. The molecule has 2 N–H and O–H groups in total. The van der Waals surface area contributed by atoms with Crippen LogP contribution in [-0.2, 0) is 4.79 Å². The fraction of sp³-hybridized carbons (Fsp3) is 0.231. The van der Waals surface area contributed by atoms with Crippen LogP contribution in [0.15, 0.2) is 40.9 Å². The van der Waals surface area contributed by atoms with Crippen molar-refractivity contribution in [2.45, 2.75) is 6.92 Å². The molecule has 0 heterocycles. The van der Waals surface area contributed by atoms with Gasteiger partial charge in [0.25, 0.3) is 0 Å². The number of carboxylic acid groups (broad SMARTS) is 1. The first kappa shape index (κ1) is 14.9. The molecule has 1 aromatic rings. The van der Waals surface area contributed by atoms with Gasteiger partial charge in [0.1, 0.15) is 22.7 Å². The second-order valence-electron chi connectivity index (χ2n) is 3.44. The monoisotopic (exact) mass is 278 g/mol. The Bertz CT molecular complexity index is 494. The van der Waals surface area contributed by atoms with Crippen molar-refractivity contribution in [3.63, 3.8) is 0 Å². The van der Waals surface area contributed by atoms with Crippen LogP contribution in [0.3, 0.4) is 0 Å². The number of nitriles is 1. The van der Waals surface area contributed by atoms with E-state index in [0.717, 1.165) is 0 Å². The Morgan fingerprint density at radius 3 is 2.68 bits per heavy atom. The van der Waals surface area contributed by atoms with Crippen LogP contribution < -0.4 is 10.1 Å². The molecule has 0 unspecified atom stereocenters. The standard InChI is InChI=1S/C13H14N2O3S/c1-2-15-11(12(13(16)17)19-9-14)8-18-10-6-4-3-5-7-10/h3-7,15H,2,8H2,1H3,(H,16,17)/b12-11+. The molecule has 0 atom stereocenters. The molecule has 100 valence electrons. The van der Waals surface area contributed by atoms with E-state index < -0.39 is 5.97 Å². The van der Waals surface area contributed by atoms with Gasteiger partial charge in [-0.05, 0) is 30.8 Å². The molecule has 5 nitrogen and oxygen atoms in total. The van der Waals surface area contributed by atoms with Crippen LogP contribution in [0.4, 0.5) is 0 Å². The summed E-state index contributed by atoms with van der Waals surface area (Å²) in [5.74, 6) is -0.497. The second-order valence-corrected chi connectivity index (χ2v) is 4.23. The highest BCUT2D eigenvalue weighted by atomic mass is 32.2. The lowest BCUT2D eigenvalue weighted by atomic mass is 10.3. The maximum absolute atomic E-state index is 11.1. The van der Waals surface area contributed by atoms with Gasteiger partial charge < -0.3 is 15.2 Å². The zero-order valence-corrected chi connectivity index (χ0v) is 11.2. The van der Waals surface area contributed by atoms with E-state index in [-0.39, 0.29) is 11.5 Å². The Balaban J connectivity index is 2.84. The highest BCUT2D eigenvalue weighted by Gasteiger charge is 2.15. The molecule has 0 saturated heterocycles. The predicted molar refractivity (Wildman–Crippen MR) is 73.5 cm³/mol. The van der Waals surface area contributed by atoms with E-state index in [2.05, 4.69) is 5.32 Å². The Kier molecular flexibility index (Phi) is 6.33. The SMILES string of the molecule is CCN/C(COc1ccccc1)=C(/SC#N)C(=O)O. The molecular weight excluding hydrogens is 264 g/mol. The minimum Gasteiger partial charge on any atom is -0.487 e. The third kappa shape index (κ3) is 4.94. The summed E-state index contributed by atoms with van der Waals surface area (Å²) in [5.41, 5.74) is 0.394. The van der Waals surface area contributed by atoms with Gasteiger partial charge in [-0.2, -0.15) is 5.26 Å². The summed E-state index contributed by atoms with van der Waals surface area (Å²) in [7, 11) is 0. The summed E-state index contributed by atoms with van der Waals surface area (Å²) in [5, 5.41) is 22.4. The molecule has 6 heteroatoms. The average molecular weight is 278 g/mol. The fourth-order valence-electron chi connectivity index (χ4n) is 1.36. The van der Waals surface area contributed by atoms with Crippen LogP contribution in [0.5, 0.6) is 5.75 Å². The lowest BCUT2D eigenvalue weighted by Crippen LogP contribution is -2.22. The first-order chi connectivity index (χ1) is 9.19. The number of nitrogens with zero attached hydrogens (tertiary/aromatic N) is 1. The molecule has 0 aliphatic carbocycles. The molecule has 19 heavy (non-hydrogen) atoms. The number of para-hydroxylation sites is 1. The lowest BCUT2D eigenvalue weighted by Gasteiger charge is -2.13. The van der Waals surface area contributed by atoms with Crippen LogP contribution in [0, 0.1) is 10.7 Å². The van der Waals surface area contributed by atoms with Crippen LogP contribution in [-0.4, -0.2) is 24.2 Å². The van der Waals surface area contributed by atoms with Gasteiger partial charge in [-0.3, -0.25) is 0 Å². The summed E-state index contributed by atoms with van der Waals surface area (Å²) in [4.78, 5) is 11.1. The Labute approximate surface area is 115 Å². The maximum Gasteiger partial charge on any atom is 0.345 e. The number of ether oxygens (including phenoxy) is 1. The number of thiocyanates is 1. The molecule has 0 bridgehead atoms. The van der Waals surface area contributed by atoms with Crippen molar-refractivity contribution in [3.05, 3.63) is 40.9 Å². The zero-order chi connectivity index (χ0) is 14.1. The quantitative estimate of drug-likeness (QED) is 0.587. The second kappa shape index (κ2) is 8.06. The normalized spacial score (nSPS) is 11.2. The number of nitrogens with one attached hydrogen (secondary N) is 1. The predicted octanol–water partition coefficient (Wildman–Crippen LogP) is 2.19. The molecule has 0 amide bonds. The zero-order valence-electron chi connectivity index (χ0n) is 10.4. The number of thioether (sulfide) groups is 1. The van der Waals surface area contributed by atoms with Gasteiger partial charge in [0.15, 0.2) is 0 Å². The number of hydrogen-bond donors (Lipinski definition) is 2. The Morgan fingerprint density at radius 1 is 1.47 bits per heavy atom. The molecule has 1 rings (SSSR count). The van der Waals surface area contributed by atoms with Gasteiger partial charge in [-0.1, -0.05) is 18.2 Å². The van der Waals surface area contributed by atoms with Crippen LogP contribution in [0.2, 0.25) is 0 Å². The van der Waals surface area contributed by atoms with Crippen molar-refractivity contribution in [2.24, 2.45) is 0 Å². The van der Waals surface area contributed by atoms with Crippen molar-refractivity contribution < 1.29 is 14.6 Å². The summed E-state index contributed by atoms with van der Waals surface area (Å²) in [6.07, 6.45) is 0. The number of likely N-dealkylation sites (N-methyl/N-ethyl adjacent to an activating group) is 1. The summed E-state index contributed by atoms with van der Waals surface area (Å²) in [6, 6.07) is 9.08. The maximum atomic E-state index is 11.1. The smallest absolute Gasteiger partial charge is 0.345 e. The topological polar surface area (TPSA) is 82.3 Å². The molecule has 0 saturated carbocycles. The molecule has 0 radical (unpaired) electrons. The van der Waals surface area contributed by atoms with E-state index in [1.165, 1.54) is 0 Å². The molecule has 0 spiro atoms. The summed E-state index contributed by atoms with van der Waals surface area (Å²) >= 11 is 0.611. The molecule has 0 aliphatic rings. The van der Waals surface area contributed by atoms with E-state index >= 15 is 0 Å². The molecule has 0 aliphatic heterocycles. The largest absolute Gasteiger partial charge is 0.487 e. The van der Waals surface area contributed by atoms with Crippen LogP contribution >= 0.6 is 11.8 Å². The average Bonchev–Trinajstić information content (AvgIpc) is 2.42. The Hall–Kier alpha value is -2.13. The molecular formula is C13H14N2O3S. The van der Waals surface area contributed by atoms with Crippen molar-refractivity contribution in [3.8, 4) is 11.2 Å². The fourth-order valence-corrected chi connectivity index (χ4v) is 1.80. The van der Waals surface area contributed by atoms with E-state index in [4.69, 9.17) is 15.1 Å². The third-order valence-corrected chi connectivity index (χ3v) is 2.85. The molecule has 1 aromatic carbocycles. The van der Waals surface area contributed by atoms with E-state index in [1.54, 1.807) is 17.5 Å². The van der Waals surface area contributed by atoms with E-state index in [9.17, 15) is 4.79 Å². The van der Waals surface area contributed by atoms with Gasteiger partial charge in [0.05, 0.1) is 5.70 Å². The molecule has 0 aromatic heterocycles. The van der Waals surface area contributed by atoms with Gasteiger partial charge in [0, 0.05) is 6.54 Å². The van der Waals surface area contributed by atoms with Crippen molar-refractivity contribution in [1.29, 1.82) is 5.26 Å².